The van der Waals surface area contributed by atoms with Crippen molar-refractivity contribution in [3.63, 3.8) is 0 Å². The Kier molecular flexibility index (Phi) is 4.83. The van der Waals surface area contributed by atoms with Crippen LogP contribution >= 0.6 is 0 Å². The minimum absolute atomic E-state index is 0.000821. The number of amides is 1. The summed E-state index contributed by atoms with van der Waals surface area (Å²) < 4.78 is 18.2. The lowest BCUT2D eigenvalue weighted by atomic mass is 10.1. The van der Waals surface area contributed by atoms with Crippen LogP contribution < -0.4 is 10.1 Å². The molecule has 1 N–H and O–H groups in total. The number of Topliss-reactive ketones (excluding diaryl/α,β-unsaturated/α-hetero) is 1. The third kappa shape index (κ3) is 4.16. The second-order valence-corrected chi connectivity index (χ2v) is 4.21. The Labute approximate surface area is 105 Å². The fourth-order valence-electron chi connectivity index (χ4n) is 1.41. The Morgan fingerprint density at radius 2 is 2.06 bits per heavy atom. The molecule has 5 heteroatoms. The summed E-state index contributed by atoms with van der Waals surface area (Å²) in [4.78, 5) is 22.7. The third-order valence-corrected chi connectivity index (χ3v) is 2.13. The van der Waals surface area contributed by atoms with Gasteiger partial charge in [-0.1, -0.05) is 0 Å². The van der Waals surface area contributed by atoms with Crippen molar-refractivity contribution in [1.82, 2.24) is 5.32 Å². The van der Waals surface area contributed by atoms with Crippen LogP contribution in [0.1, 0.15) is 31.1 Å². The van der Waals surface area contributed by atoms with Gasteiger partial charge in [0.1, 0.15) is 11.6 Å². The molecule has 0 aliphatic heterocycles. The largest absolute Gasteiger partial charge is 0.483 e. The van der Waals surface area contributed by atoms with Crippen LogP contribution in [0.4, 0.5) is 4.39 Å². The number of nitrogens with one attached hydrogen (secondary N) is 1. The first-order valence-electron chi connectivity index (χ1n) is 5.62. The van der Waals surface area contributed by atoms with E-state index in [0.717, 1.165) is 6.07 Å². The molecule has 1 amide bonds. The highest BCUT2D eigenvalue weighted by atomic mass is 19.1. The maximum Gasteiger partial charge on any atom is 0.258 e. The average Bonchev–Trinajstić information content (AvgIpc) is 2.25. The van der Waals surface area contributed by atoms with Crippen LogP contribution in [0.25, 0.3) is 0 Å². The SMILES string of the molecule is CC(=O)c1ccc(F)cc1OCC(=O)NC(C)C. The second kappa shape index (κ2) is 6.14. The zero-order valence-electron chi connectivity index (χ0n) is 10.6. The number of hydrogen-bond donors (Lipinski definition) is 1. The molecule has 0 unspecified atom stereocenters. The molecule has 0 saturated heterocycles. The van der Waals surface area contributed by atoms with Gasteiger partial charge in [-0.15, -0.1) is 0 Å². The van der Waals surface area contributed by atoms with E-state index in [1.54, 1.807) is 0 Å². The molecule has 0 aliphatic carbocycles. The third-order valence-electron chi connectivity index (χ3n) is 2.13. The van der Waals surface area contributed by atoms with Gasteiger partial charge in [-0.3, -0.25) is 9.59 Å². The first-order chi connectivity index (χ1) is 8.40. The zero-order chi connectivity index (χ0) is 13.7. The van der Waals surface area contributed by atoms with Gasteiger partial charge in [0.05, 0.1) is 5.56 Å². The number of carbonyl (C=O) groups is 2. The van der Waals surface area contributed by atoms with E-state index in [1.807, 2.05) is 13.8 Å². The van der Waals surface area contributed by atoms with Gasteiger partial charge >= 0.3 is 0 Å². The van der Waals surface area contributed by atoms with Crippen LogP contribution in [0.2, 0.25) is 0 Å². The van der Waals surface area contributed by atoms with Gasteiger partial charge < -0.3 is 10.1 Å². The number of ketones is 1. The molecule has 18 heavy (non-hydrogen) atoms. The minimum Gasteiger partial charge on any atom is -0.483 e. The summed E-state index contributed by atoms with van der Waals surface area (Å²) in [5, 5.41) is 2.63. The lowest BCUT2D eigenvalue weighted by Crippen LogP contribution is -2.34. The molecule has 0 bridgehead atoms. The zero-order valence-corrected chi connectivity index (χ0v) is 10.6. The average molecular weight is 253 g/mol. The molecule has 0 saturated carbocycles. The summed E-state index contributed by atoms with van der Waals surface area (Å²) in [5.74, 6) is -0.987. The van der Waals surface area contributed by atoms with Gasteiger partial charge in [-0.25, -0.2) is 4.39 Å². The minimum atomic E-state index is -0.515. The highest BCUT2D eigenvalue weighted by molar-refractivity contribution is 5.96. The van der Waals surface area contributed by atoms with Crippen molar-refractivity contribution in [3.05, 3.63) is 29.6 Å². The van der Waals surface area contributed by atoms with Crippen LogP contribution in [0.5, 0.6) is 5.75 Å². The van der Waals surface area contributed by atoms with Gasteiger partial charge in [0.15, 0.2) is 12.4 Å². The van der Waals surface area contributed by atoms with Gasteiger partial charge in [0.2, 0.25) is 0 Å². The molecule has 0 heterocycles. The molecule has 1 aromatic rings. The standard InChI is InChI=1S/C13H16FNO3/c1-8(2)15-13(17)7-18-12-6-10(14)4-5-11(12)9(3)16/h4-6,8H,7H2,1-3H3,(H,15,17). The Hall–Kier alpha value is -1.91. The van der Waals surface area contributed by atoms with E-state index in [-0.39, 0.29) is 35.7 Å². The van der Waals surface area contributed by atoms with Gasteiger partial charge in [-0.2, -0.15) is 0 Å². The highest BCUT2D eigenvalue weighted by Crippen LogP contribution is 2.20. The highest BCUT2D eigenvalue weighted by Gasteiger charge is 2.11. The molecule has 0 fully saturated rings. The quantitative estimate of drug-likeness (QED) is 0.816. The van der Waals surface area contributed by atoms with Crippen LogP contribution in [0.3, 0.4) is 0 Å². The maximum atomic E-state index is 13.1. The topological polar surface area (TPSA) is 55.4 Å². The molecule has 4 nitrogen and oxygen atoms in total. The number of rotatable bonds is 5. The Morgan fingerprint density at radius 3 is 2.61 bits per heavy atom. The predicted molar refractivity (Wildman–Crippen MR) is 65.2 cm³/mol. The second-order valence-electron chi connectivity index (χ2n) is 4.21. The van der Waals surface area contributed by atoms with E-state index < -0.39 is 5.82 Å². The van der Waals surface area contributed by atoms with Crippen LogP contribution in [0.15, 0.2) is 18.2 Å². The molecular formula is C13H16FNO3. The van der Waals surface area contributed by atoms with Gasteiger partial charge in [0.25, 0.3) is 5.91 Å². The summed E-state index contributed by atoms with van der Waals surface area (Å²) in [6.07, 6.45) is 0. The molecule has 1 rings (SSSR count). The molecule has 0 spiro atoms. The van der Waals surface area contributed by atoms with Crippen molar-refractivity contribution >= 4 is 11.7 Å². The maximum absolute atomic E-state index is 13.1. The van der Waals surface area contributed by atoms with Gasteiger partial charge in [0, 0.05) is 12.1 Å². The lowest BCUT2D eigenvalue weighted by Gasteiger charge is -2.11. The Balaban J connectivity index is 2.74. The monoisotopic (exact) mass is 253 g/mol. The van der Waals surface area contributed by atoms with Crippen LogP contribution in [-0.4, -0.2) is 24.3 Å². The molecule has 1 aromatic carbocycles. The van der Waals surface area contributed by atoms with E-state index in [1.165, 1.54) is 19.1 Å². The number of benzene rings is 1. The van der Waals surface area contributed by atoms with Crippen molar-refractivity contribution in [2.75, 3.05) is 6.61 Å². The van der Waals surface area contributed by atoms with Crippen molar-refractivity contribution in [1.29, 1.82) is 0 Å². The molecular weight excluding hydrogens is 237 g/mol. The van der Waals surface area contributed by atoms with E-state index in [0.29, 0.717) is 0 Å². The summed E-state index contributed by atoms with van der Waals surface area (Å²) in [5.41, 5.74) is 0.258. The van der Waals surface area contributed by atoms with Crippen molar-refractivity contribution in [2.24, 2.45) is 0 Å². The number of ether oxygens (including phenoxy) is 1. The van der Waals surface area contributed by atoms with Crippen molar-refractivity contribution in [3.8, 4) is 5.75 Å². The first kappa shape index (κ1) is 14.2. The van der Waals surface area contributed by atoms with E-state index in [4.69, 9.17) is 4.74 Å². The molecule has 0 aliphatic rings. The van der Waals surface area contributed by atoms with E-state index in [2.05, 4.69) is 5.32 Å². The van der Waals surface area contributed by atoms with Crippen LogP contribution in [-0.2, 0) is 4.79 Å². The summed E-state index contributed by atoms with van der Waals surface area (Å²) in [6, 6.07) is 3.62. The van der Waals surface area contributed by atoms with Crippen LogP contribution in [0, 0.1) is 5.82 Å². The fraction of sp³-hybridized carbons (Fsp3) is 0.385. The smallest absolute Gasteiger partial charge is 0.258 e. The Morgan fingerprint density at radius 1 is 1.39 bits per heavy atom. The van der Waals surface area contributed by atoms with Gasteiger partial charge in [-0.05, 0) is 32.9 Å². The molecule has 0 atom stereocenters. The summed E-state index contributed by atoms with van der Waals surface area (Å²) in [7, 11) is 0. The molecule has 98 valence electrons. The van der Waals surface area contributed by atoms with Crippen molar-refractivity contribution in [2.45, 2.75) is 26.8 Å². The van der Waals surface area contributed by atoms with E-state index >= 15 is 0 Å². The Bertz CT molecular complexity index is 458. The summed E-state index contributed by atoms with van der Waals surface area (Å²) in [6.45, 7) is 4.75. The first-order valence-corrected chi connectivity index (χ1v) is 5.62. The van der Waals surface area contributed by atoms with Crippen molar-refractivity contribution < 1.29 is 18.7 Å². The number of carbonyl (C=O) groups excluding carboxylic acids is 2. The number of hydrogen-bond acceptors (Lipinski definition) is 3. The molecule has 0 aromatic heterocycles. The van der Waals surface area contributed by atoms with E-state index in [9.17, 15) is 14.0 Å². The molecule has 0 radical (unpaired) electrons. The normalized spacial score (nSPS) is 10.3. The lowest BCUT2D eigenvalue weighted by molar-refractivity contribution is -0.123. The summed E-state index contributed by atoms with van der Waals surface area (Å²) >= 11 is 0. The fourth-order valence-corrected chi connectivity index (χ4v) is 1.41. The number of halogens is 1. The predicted octanol–water partition coefficient (Wildman–Crippen LogP) is 1.93.